The number of hydrogen-bond acceptors (Lipinski definition) is 3. The van der Waals surface area contributed by atoms with Crippen molar-refractivity contribution in [2.24, 2.45) is 5.92 Å². The number of carbonyl (C=O) groups excluding carboxylic acids is 1. The van der Waals surface area contributed by atoms with Gasteiger partial charge in [-0.15, -0.1) is 0 Å². The highest BCUT2D eigenvalue weighted by molar-refractivity contribution is 5.76. The second kappa shape index (κ2) is 7.64. The van der Waals surface area contributed by atoms with Gasteiger partial charge in [-0.3, -0.25) is 9.69 Å². The van der Waals surface area contributed by atoms with E-state index in [1.807, 2.05) is 12.1 Å². The third-order valence-electron chi connectivity index (χ3n) is 4.65. The van der Waals surface area contributed by atoms with Crippen molar-refractivity contribution >= 4 is 12.0 Å². The maximum absolute atomic E-state index is 12.1. The lowest BCUT2D eigenvalue weighted by Crippen LogP contribution is -2.34. The van der Waals surface area contributed by atoms with Crippen LogP contribution in [0.2, 0.25) is 0 Å². The molecule has 0 atom stereocenters. The molecule has 1 saturated carbocycles. The molecule has 23 heavy (non-hydrogen) atoms. The van der Waals surface area contributed by atoms with E-state index < -0.39 is 0 Å². The highest BCUT2D eigenvalue weighted by Crippen LogP contribution is 2.30. The molecule has 4 nitrogen and oxygen atoms in total. The zero-order valence-electron chi connectivity index (χ0n) is 13.9. The molecule has 1 heterocycles. The van der Waals surface area contributed by atoms with Gasteiger partial charge in [-0.05, 0) is 36.5 Å². The summed E-state index contributed by atoms with van der Waals surface area (Å²) in [5.74, 6) is 1.99. The molecule has 1 aromatic carbocycles. The van der Waals surface area contributed by atoms with Crippen LogP contribution >= 0.6 is 0 Å². The Bertz CT molecular complexity index is 549. The number of amides is 1. The molecule has 0 spiro atoms. The number of rotatable bonds is 6. The molecule has 2 aliphatic rings. The van der Waals surface area contributed by atoms with E-state index in [0.717, 1.165) is 44.4 Å². The lowest BCUT2D eigenvalue weighted by atomic mass is 10.2. The second-order valence-corrected chi connectivity index (χ2v) is 6.51. The Hall–Kier alpha value is -1.81. The maximum Gasteiger partial charge on any atom is 0.223 e. The smallest absolute Gasteiger partial charge is 0.223 e. The predicted molar refractivity (Wildman–Crippen MR) is 92.4 cm³/mol. The van der Waals surface area contributed by atoms with Crippen LogP contribution in [0.4, 0.5) is 0 Å². The molecule has 0 unspecified atom stereocenters. The molecule has 0 aromatic heterocycles. The van der Waals surface area contributed by atoms with E-state index in [1.54, 1.807) is 7.11 Å². The standard InChI is InChI=1S/C19H26N2O2/c1-23-18-8-6-16(7-9-18)3-2-11-20-12-10-19(22)21(14-13-20)15-17-4-5-17/h2-3,6-9,17H,4-5,10-15H2,1H3. The first-order valence-electron chi connectivity index (χ1n) is 8.55. The first kappa shape index (κ1) is 16.1. The molecule has 1 aromatic rings. The summed E-state index contributed by atoms with van der Waals surface area (Å²) in [6.07, 6.45) is 7.58. The van der Waals surface area contributed by atoms with Crippen LogP contribution in [-0.2, 0) is 4.79 Å². The molecule has 1 amide bonds. The van der Waals surface area contributed by atoms with E-state index in [-0.39, 0.29) is 0 Å². The van der Waals surface area contributed by atoms with Crippen LogP contribution in [0.1, 0.15) is 24.8 Å². The summed E-state index contributed by atoms with van der Waals surface area (Å²) < 4.78 is 5.17. The van der Waals surface area contributed by atoms with Gasteiger partial charge in [-0.25, -0.2) is 0 Å². The number of ether oxygens (including phenoxy) is 1. The van der Waals surface area contributed by atoms with Crippen LogP contribution in [0.25, 0.3) is 6.08 Å². The SMILES string of the molecule is COc1ccc(C=CCN2CCC(=O)N(CC3CC3)CC2)cc1. The molecular weight excluding hydrogens is 288 g/mol. The quantitative estimate of drug-likeness (QED) is 0.809. The van der Waals surface area contributed by atoms with Crippen molar-refractivity contribution < 1.29 is 9.53 Å². The fraction of sp³-hybridized carbons (Fsp3) is 0.526. The summed E-state index contributed by atoms with van der Waals surface area (Å²) in [6.45, 7) is 4.61. The largest absolute Gasteiger partial charge is 0.497 e. The minimum atomic E-state index is 0.332. The van der Waals surface area contributed by atoms with Crippen molar-refractivity contribution in [2.75, 3.05) is 39.8 Å². The average Bonchev–Trinajstić information content (AvgIpc) is 3.40. The van der Waals surface area contributed by atoms with E-state index in [2.05, 4.69) is 34.1 Å². The fourth-order valence-electron chi connectivity index (χ4n) is 2.95. The van der Waals surface area contributed by atoms with E-state index in [0.29, 0.717) is 12.3 Å². The Labute approximate surface area is 138 Å². The van der Waals surface area contributed by atoms with Crippen LogP contribution in [0.3, 0.4) is 0 Å². The normalized spacial score (nSPS) is 20.0. The topological polar surface area (TPSA) is 32.8 Å². The molecule has 4 heteroatoms. The summed E-state index contributed by atoms with van der Waals surface area (Å²) in [5, 5.41) is 0. The second-order valence-electron chi connectivity index (χ2n) is 6.51. The summed E-state index contributed by atoms with van der Waals surface area (Å²) in [5.41, 5.74) is 1.17. The van der Waals surface area contributed by atoms with Gasteiger partial charge in [0, 0.05) is 39.1 Å². The number of carbonyl (C=O) groups is 1. The lowest BCUT2D eigenvalue weighted by molar-refractivity contribution is -0.130. The van der Waals surface area contributed by atoms with E-state index in [9.17, 15) is 4.79 Å². The fourth-order valence-corrected chi connectivity index (χ4v) is 2.95. The summed E-state index contributed by atoms with van der Waals surface area (Å²) in [6, 6.07) is 8.05. The van der Waals surface area contributed by atoms with Crippen molar-refractivity contribution in [3.05, 3.63) is 35.9 Å². The molecule has 1 saturated heterocycles. The van der Waals surface area contributed by atoms with Crippen molar-refractivity contribution in [2.45, 2.75) is 19.3 Å². The monoisotopic (exact) mass is 314 g/mol. The Balaban J connectivity index is 1.47. The molecular formula is C19H26N2O2. The zero-order chi connectivity index (χ0) is 16.1. The predicted octanol–water partition coefficient (Wildman–Crippen LogP) is 2.65. The number of benzene rings is 1. The van der Waals surface area contributed by atoms with Crippen LogP contribution in [0.5, 0.6) is 5.75 Å². The van der Waals surface area contributed by atoms with Gasteiger partial charge in [0.2, 0.25) is 5.91 Å². The van der Waals surface area contributed by atoms with Crippen molar-refractivity contribution in [3.63, 3.8) is 0 Å². The molecule has 2 fully saturated rings. The Kier molecular flexibility index (Phi) is 5.34. The third kappa shape index (κ3) is 4.83. The van der Waals surface area contributed by atoms with E-state index in [1.165, 1.54) is 18.4 Å². The summed E-state index contributed by atoms with van der Waals surface area (Å²) in [4.78, 5) is 16.6. The Morgan fingerprint density at radius 3 is 2.65 bits per heavy atom. The summed E-state index contributed by atoms with van der Waals surface area (Å²) in [7, 11) is 1.68. The maximum atomic E-state index is 12.1. The average molecular weight is 314 g/mol. The highest BCUT2D eigenvalue weighted by Gasteiger charge is 2.28. The Morgan fingerprint density at radius 1 is 1.17 bits per heavy atom. The van der Waals surface area contributed by atoms with Crippen molar-refractivity contribution in [1.82, 2.24) is 9.80 Å². The molecule has 1 aliphatic carbocycles. The lowest BCUT2D eigenvalue weighted by Gasteiger charge is -2.21. The van der Waals surface area contributed by atoms with Gasteiger partial charge in [0.15, 0.2) is 0 Å². The number of hydrogen-bond donors (Lipinski definition) is 0. The zero-order valence-corrected chi connectivity index (χ0v) is 13.9. The van der Waals surface area contributed by atoms with Crippen LogP contribution in [-0.4, -0.2) is 55.5 Å². The van der Waals surface area contributed by atoms with Crippen LogP contribution in [0, 0.1) is 5.92 Å². The minimum Gasteiger partial charge on any atom is -0.497 e. The molecule has 1 aliphatic heterocycles. The van der Waals surface area contributed by atoms with Gasteiger partial charge < -0.3 is 9.64 Å². The highest BCUT2D eigenvalue weighted by atomic mass is 16.5. The van der Waals surface area contributed by atoms with E-state index in [4.69, 9.17) is 4.74 Å². The number of methoxy groups -OCH3 is 1. The molecule has 124 valence electrons. The summed E-state index contributed by atoms with van der Waals surface area (Å²) >= 11 is 0. The van der Waals surface area contributed by atoms with Gasteiger partial charge in [0.05, 0.1) is 7.11 Å². The minimum absolute atomic E-state index is 0.332. The first-order valence-corrected chi connectivity index (χ1v) is 8.55. The van der Waals surface area contributed by atoms with Gasteiger partial charge in [-0.1, -0.05) is 24.3 Å². The van der Waals surface area contributed by atoms with Crippen LogP contribution < -0.4 is 4.74 Å². The van der Waals surface area contributed by atoms with Crippen LogP contribution in [0.15, 0.2) is 30.3 Å². The third-order valence-corrected chi connectivity index (χ3v) is 4.65. The molecule has 0 radical (unpaired) electrons. The first-order chi connectivity index (χ1) is 11.2. The van der Waals surface area contributed by atoms with Gasteiger partial charge in [0.25, 0.3) is 0 Å². The molecule has 3 rings (SSSR count). The van der Waals surface area contributed by atoms with Gasteiger partial charge in [0.1, 0.15) is 5.75 Å². The molecule has 0 bridgehead atoms. The van der Waals surface area contributed by atoms with Crippen molar-refractivity contribution in [3.8, 4) is 5.75 Å². The van der Waals surface area contributed by atoms with E-state index >= 15 is 0 Å². The molecule has 0 N–H and O–H groups in total. The Morgan fingerprint density at radius 2 is 1.96 bits per heavy atom. The van der Waals surface area contributed by atoms with Gasteiger partial charge in [-0.2, -0.15) is 0 Å². The number of nitrogens with zero attached hydrogens (tertiary/aromatic N) is 2. The van der Waals surface area contributed by atoms with Gasteiger partial charge >= 0.3 is 0 Å². The van der Waals surface area contributed by atoms with Crippen molar-refractivity contribution in [1.29, 1.82) is 0 Å².